The van der Waals surface area contributed by atoms with Crippen LogP contribution in [0.25, 0.3) is 10.9 Å². The Morgan fingerprint density at radius 1 is 1.31 bits per heavy atom. The van der Waals surface area contributed by atoms with E-state index in [4.69, 9.17) is 11.6 Å². The number of nitrogens with zero attached hydrogens (tertiary/aromatic N) is 3. The molecule has 2 heterocycles. The van der Waals surface area contributed by atoms with Gasteiger partial charge in [0.15, 0.2) is 0 Å². The molecule has 178 valence electrons. The van der Waals surface area contributed by atoms with Gasteiger partial charge in [0.25, 0.3) is 0 Å². The van der Waals surface area contributed by atoms with E-state index in [-0.39, 0.29) is 11.4 Å². The number of nitriles is 1. The van der Waals surface area contributed by atoms with Crippen LogP contribution in [0.1, 0.15) is 51.1 Å². The van der Waals surface area contributed by atoms with Crippen molar-refractivity contribution in [1.82, 2.24) is 21.0 Å². The number of rotatable bonds is 7. The van der Waals surface area contributed by atoms with Crippen molar-refractivity contribution in [3.63, 3.8) is 0 Å². The smallest absolute Gasteiger partial charge is 0.123 e. The lowest BCUT2D eigenvalue weighted by molar-refractivity contribution is 0.260. The van der Waals surface area contributed by atoms with E-state index in [0.29, 0.717) is 50.2 Å². The first-order valence-corrected chi connectivity index (χ1v) is 12.0. The third-order valence-electron chi connectivity index (χ3n) is 6.67. The third kappa shape index (κ3) is 4.33. The van der Waals surface area contributed by atoms with E-state index in [1.807, 2.05) is 17.3 Å². The standard InChI is InChI=1S/C26H25ClFN7/c1-26(8-9-26)32-23-16(12-29)13-30-25-20(23)10-18(11-21(25)27)31-24(15-2-4-17(28)5-3-15)22-14-35(34-33-22)19-6-7-19/h2-5,10-11,13-14,19,24,31,33-34H,6-9H2,1H3,(H,30,32)/i24D. The number of benzene rings is 2. The Morgan fingerprint density at radius 2 is 2.09 bits per heavy atom. The van der Waals surface area contributed by atoms with E-state index in [9.17, 15) is 11.0 Å². The summed E-state index contributed by atoms with van der Waals surface area (Å²) in [5.41, 5.74) is 9.53. The molecule has 7 nitrogen and oxygen atoms in total. The molecule has 1 unspecified atom stereocenters. The van der Waals surface area contributed by atoms with Gasteiger partial charge in [0.2, 0.25) is 0 Å². The van der Waals surface area contributed by atoms with Gasteiger partial charge < -0.3 is 16.1 Å². The minimum absolute atomic E-state index is 0.0698. The summed E-state index contributed by atoms with van der Waals surface area (Å²) in [5, 5.41) is 19.6. The van der Waals surface area contributed by atoms with Crippen LogP contribution in [0.4, 0.5) is 15.8 Å². The molecule has 4 N–H and O–H groups in total. The first-order chi connectivity index (χ1) is 17.3. The molecule has 6 rings (SSSR count). The summed E-state index contributed by atoms with van der Waals surface area (Å²) in [7, 11) is 0. The molecule has 2 saturated carbocycles. The second-order valence-electron chi connectivity index (χ2n) is 9.62. The predicted molar refractivity (Wildman–Crippen MR) is 135 cm³/mol. The van der Waals surface area contributed by atoms with Gasteiger partial charge in [-0.05, 0) is 62.4 Å². The van der Waals surface area contributed by atoms with Gasteiger partial charge in [0.1, 0.15) is 11.9 Å². The molecule has 3 aliphatic rings. The number of nitrogens with one attached hydrogen (secondary N) is 4. The van der Waals surface area contributed by atoms with Gasteiger partial charge in [-0.3, -0.25) is 9.99 Å². The molecule has 0 saturated heterocycles. The summed E-state index contributed by atoms with van der Waals surface area (Å²) in [6.07, 6.45) is 7.59. The third-order valence-corrected chi connectivity index (χ3v) is 6.96. The summed E-state index contributed by atoms with van der Waals surface area (Å²) in [6.45, 7) is 2.12. The molecule has 1 aliphatic heterocycles. The van der Waals surface area contributed by atoms with Crippen molar-refractivity contribution >= 4 is 33.9 Å². The second kappa shape index (κ2) is 8.29. The fraction of sp³-hybridized carbons (Fsp3) is 0.308. The number of halogens is 2. The topological polar surface area (TPSA) is 88.0 Å². The van der Waals surface area contributed by atoms with E-state index >= 15 is 0 Å². The number of fused-ring (bicyclic) bond motifs is 1. The molecule has 1 aromatic heterocycles. The van der Waals surface area contributed by atoms with Crippen molar-refractivity contribution in [1.29, 1.82) is 5.26 Å². The maximum absolute atomic E-state index is 13.7. The Hall–Kier alpha value is -3.54. The summed E-state index contributed by atoms with van der Waals surface area (Å²) in [4.78, 5) is 4.43. The summed E-state index contributed by atoms with van der Waals surface area (Å²) in [6, 6.07) is 10.6. The molecular weight excluding hydrogens is 465 g/mol. The number of aromatic nitrogens is 1. The number of hydrogen-bond donors (Lipinski definition) is 4. The first kappa shape index (κ1) is 20.8. The van der Waals surface area contributed by atoms with Crippen LogP contribution in [0.3, 0.4) is 0 Å². The summed E-state index contributed by atoms with van der Waals surface area (Å²) < 4.78 is 23.3. The highest BCUT2D eigenvalue weighted by atomic mass is 35.5. The highest BCUT2D eigenvalue weighted by Gasteiger charge is 2.38. The van der Waals surface area contributed by atoms with Crippen LogP contribution in [0.15, 0.2) is 54.5 Å². The van der Waals surface area contributed by atoms with Crippen LogP contribution in [0, 0.1) is 17.1 Å². The van der Waals surface area contributed by atoms with Crippen molar-refractivity contribution in [2.75, 3.05) is 10.6 Å². The van der Waals surface area contributed by atoms with Crippen LogP contribution in [0.2, 0.25) is 5.02 Å². The Morgan fingerprint density at radius 3 is 2.77 bits per heavy atom. The monoisotopic (exact) mass is 490 g/mol. The van der Waals surface area contributed by atoms with Gasteiger partial charge in [0, 0.05) is 35.1 Å². The van der Waals surface area contributed by atoms with Gasteiger partial charge >= 0.3 is 0 Å². The zero-order valence-electron chi connectivity index (χ0n) is 20.1. The molecule has 0 bridgehead atoms. The molecule has 2 aliphatic carbocycles. The van der Waals surface area contributed by atoms with E-state index in [1.54, 1.807) is 18.2 Å². The molecule has 2 aromatic carbocycles. The molecule has 0 spiro atoms. The number of pyridine rings is 1. The molecular formula is C26H25ClFN7. The normalized spacial score (nSPS) is 20.3. The van der Waals surface area contributed by atoms with Gasteiger partial charge in [-0.25, -0.2) is 4.39 Å². The van der Waals surface area contributed by atoms with Crippen LogP contribution < -0.4 is 21.6 Å². The SMILES string of the molecule is [2H]C(Nc1cc(Cl)c2ncc(C#N)c(NC3(C)CC3)c2c1)(C1=CN(C2CC2)NN1)c1ccc(F)cc1. The molecule has 1 atom stereocenters. The Bertz CT molecular complexity index is 1430. The summed E-state index contributed by atoms with van der Waals surface area (Å²) in [5.74, 6) is -0.375. The van der Waals surface area contributed by atoms with Gasteiger partial charge in [-0.2, -0.15) is 5.26 Å². The molecule has 3 aromatic rings. The number of hydrogen-bond acceptors (Lipinski definition) is 7. The number of anilines is 2. The molecule has 9 heteroatoms. The Labute approximate surface area is 209 Å². The van der Waals surface area contributed by atoms with Crippen molar-refractivity contribution in [2.45, 2.75) is 50.2 Å². The van der Waals surface area contributed by atoms with Crippen LogP contribution in [0.5, 0.6) is 0 Å². The van der Waals surface area contributed by atoms with E-state index < -0.39 is 6.02 Å². The molecule has 0 radical (unpaired) electrons. The van der Waals surface area contributed by atoms with Gasteiger partial charge in [-0.1, -0.05) is 23.7 Å². The first-order valence-electron chi connectivity index (χ1n) is 12.2. The van der Waals surface area contributed by atoms with Crippen molar-refractivity contribution in [3.8, 4) is 6.07 Å². The molecule has 2 fully saturated rings. The minimum Gasteiger partial charge on any atom is -0.378 e. The van der Waals surface area contributed by atoms with Crippen molar-refractivity contribution in [2.24, 2.45) is 0 Å². The van der Waals surface area contributed by atoms with Crippen LogP contribution in [-0.4, -0.2) is 21.6 Å². The highest BCUT2D eigenvalue weighted by molar-refractivity contribution is 6.35. The summed E-state index contributed by atoms with van der Waals surface area (Å²) >= 11 is 6.67. The minimum atomic E-state index is -1.49. The maximum Gasteiger partial charge on any atom is 0.123 e. The predicted octanol–water partition coefficient (Wildman–Crippen LogP) is 5.35. The maximum atomic E-state index is 13.7. The average Bonchev–Trinajstić information content (AvgIpc) is 3.78. The quantitative estimate of drug-likeness (QED) is 0.355. The van der Waals surface area contributed by atoms with Crippen LogP contribution in [-0.2, 0) is 0 Å². The largest absolute Gasteiger partial charge is 0.378 e. The zero-order valence-corrected chi connectivity index (χ0v) is 19.9. The second-order valence-corrected chi connectivity index (χ2v) is 10.0. The van der Waals surface area contributed by atoms with E-state index in [2.05, 4.69) is 39.6 Å². The van der Waals surface area contributed by atoms with Crippen molar-refractivity contribution in [3.05, 3.63) is 76.5 Å². The molecule has 35 heavy (non-hydrogen) atoms. The Kier molecular flexibility index (Phi) is 4.93. The number of hydrazine groups is 2. The van der Waals surface area contributed by atoms with Crippen LogP contribution >= 0.6 is 11.6 Å². The van der Waals surface area contributed by atoms with E-state index in [1.165, 1.54) is 18.3 Å². The lowest BCUT2D eigenvalue weighted by Gasteiger charge is -2.23. The molecule has 0 amide bonds. The highest BCUT2D eigenvalue weighted by Crippen LogP contribution is 2.42. The lowest BCUT2D eigenvalue weighted by atomic mass is 10.0. The fourth-order valence-electron chi connectivity index (χ4n) is 4.23. The van der Waals surface area contributed by atoms with Crippen molar-refractivity contribution < 1.29 is 5.76 Å². The fourth-order valence-corrected chi connectivity index (χ4v) is 4.49. The van der Waals surface area contributed by atoms with Gasteiger partial charge in [0.05, 0.1) is 34.9 Å². The Balaban J connectivity index is 1.45. The zero-order chi connectivity index (χ0) is 25.1. The van der Waals surface area contributed by atoms with Gasteiger partial charge in [-0.15, -0.1) is 5.53 Å². The average molecular weight is 491 g/mol. The van der Waals surface area contributed by atoms with E-state index in [0.717, 1.165) is 25.7 Å². The lowest BCUT2D eigenvalue weighted by Crippen LogP contribution is -2.38.